The number of hydrogen-bond donors (Lipinski definition) is 0. The standard InChI is InChI=1S/C18H27N5O2/c1-21(2)16(24)10-23-9-15(19-20-23)18(25)22(3)17-13-5-11-4-12(7-13)8-14(17)6-11/h9,11-14,17H,4-8,10H2,1-3H3. The fourth-order valence-electron chi connectivity index (χ4n) is 5.60. The van der Waals surface area contributed by atoms with E-state index in [9.17, 15) is 9.59 Å². The molecule has 1 aromatic heterocycles. The summed E-state index contributed by atoms with van der Waals surface area (Å²) in [5.74, 6) is 2.94. The Morgan fingerprint density at radius 2 is 1.68 bits per heavy atom. The fraction of sp³-hybridized carbons (Fsp3) is 0.778. The van der Waals surface area contributed by atoms with Gasteiger partial charge in [-0.25, -0.2) is 4.68 Å². The summed E-state index contributed by atoms with van der Waals surface area (Å²) in [5, 5.41) is 7.96. The Labute approximate surface area is 148 Å². The van der Waals surface area contributed by atoms with E-state index in [2.05, 4.69) is 10.3 Å². The van der Waals surface area contributed by atoms with E-state index < -0.39 is 0 Å². The first kappa shape index (κ1) is 16.5. The van der Waals surface area contributed by atoms with Crippen molar-refractivity contribution >= 4 is 11.8 Å². The molecule has 0 N–H and O–H groups in total. The van der Waals surface area contributed by atoms with Crippen molar-refractivity contribution in [2.75, 3.05) is 21.1 Å². The molecular formula is C18H27N5O2. The molecule has 4 saturated carbocycles. The number of carbonyl (C=O) groups is 2. The Balaban J connectivity index is 1.46. The van der Waals surface area contributed by atoms with E-state index >= 15 is 0 Å². The van der Waals surface area contributed by atoms with Crippen LogP contribution in [0.5, 0.6) is 0 Å². The molecule has 7 nitrogen and oxygen atoms in total. The Morgan fingerprint density at radius 1 is 1.08 bits per heavy atom. The molecule has 0 spiro atoms. The average Bonchev–Trinajstić information content (AvgIpc) is 3.01. The topological polar surface area (TPSA) is 71.3 Å². The number of aromatic nitrogens is 3. The molecule has 2 amide bonds. The highest BCUT2D eigenvalue weighted by Gasteiger charge is 2.50. The predicted molar refractivity (Wildman–Crippen MR) is 91.6 cm³/mol. The number of rotatable bonds is 4. The molecule has 0 radical (unpaired) electrons. The van der Waals surface area contributed by atoms with Gasteiger partial charge in [0.15, 0.2) is 5.69 Å². The van der Waals surface area contributed by atoms with Crippen LogP contribution in [0.25, 0.3) is 0 Å². The summed E-state index contributed by atoms with van der Waals surface area (Å²) in [7, 11) is 5.32. The number of amides is 2. The monoisotopic (exact) mass is 345 g/mol. The van der Waals surface area contributed by atoms with Crippen LogP contribution in [0.1, 0.15) is 42.6 Å². The van der Waals surface area contributed by atoms with Crippen molar-refractivity contribution in [3.63, 3.8) is 0 Å². The van der Waals surface area contributed by atoms with Gasteiger partial charge in [0.25, 0.3) is 5.91 Å². The van der Waals surface area contributed by atoms with Crippen LogP contribution in [0.3, 0.4) is 0 Å². The summed E-state index contributed by atoms with van der Waals surface area (Å²) < 4.78 is 1.44. The summed E-state index contributed by atoms with van der Waals surface area (Å²) in [6, 6.07) is 0.342. The first-order valence-electron chi connectivity index (χ1n) is 9.29. The summed E-state index contributed by atoms with van der Waals surface area (Å²) in [6.07, 6.45) is 8.11. The molecule has 7 heteroatoms. The highest BCUT2D eigenvalue weighted by Crippen LogP contribution is 2.55. The molecule has 1 aromatic rings. The lowest BCUT2D eigenvalue weighted by Crippen LogP contribution is -2.56. The quantitative estimate of drug-likeness (QED) is 0.824. The van der Waals surface area contributed by atoms with Gasteiger partial charge in [-0.3, -0.25) is 9.59 Å². The second-order valence-electron chi connectivity index (χ2n) is 8.43. The largest absolute Gasteiger partial charge is 0.347 e. The maximum atomic E-state index is 12.9. The number of carbonyl (C=O) groups excluding carboxylic acids is 2. The van der Waals surface area contributed by atoms with Gasteiger partial charge in [-0.1, -0.05) is 5.21 Å². The summed E-state index contributed by atoms with van der Waals surface area (Å²) in [6.45, 7) is 0.106. The molecular weight excluding hydrogens is 318 g/mol. The van der Waals surface area contributed by atoms with Crippen LogP contribution in [0.4, 0.5) is 0 Å². The molecule has 136 valence electrons. The Kier molecular flexibility index (Phi) is 4.04. The van der Waals surface area contributed by atoms with Crippen LogP contribution in [-0.2, 0) is 11.3 Å². The Morgan fingerprint density at radius 3 is 2.24 bits per heavy atom. The smallest absolute Gasteiger partial charge is 0.276 e. The molecule has 0 aliphatic heterocycles. The Bertz CT molecular complexity index is 655. The maximum Gasteiger partial charge on any atom is 0.276 e. The second kappa shape index (κ2) is 6.11. The molecule has 4 bridgehead atoms. The zero-order valence-electron chi connectivity index (χ0n) is 15.3. The molecule has 0 aromatic carbocycles. The highest BCUT2D eigenvalue weighted by molar-refractivity contribution is 5.92. The van der Waals surface area contributed by atoms with Gasteiger partial charge in [-0.05, 0) is 55.8 Å². The number of nitrogens with zero attached hydrogens (tertiary/aromatic N) is 5. The highest BCUT2D eigenvalue weighted by atomic mass is 16.2. The predicted octanol–water partition coefficient (Wildman–Crippen LogP) is 1.26. The molecule has 4 fully saturated rings. The fourth-order valence-corrected chi connectivity index (χ4v) is 5.60. The van der Waals surface area contributed by atoms with Gasteiger partial charge in [0, 0.05) is 27.2 Å². The van der Waals surface area contributed by atoms with Crippen molar-refractivity contribution in [2.45, 2.75) is 44.7 Å². The minimum absolute atomic E-state index is 0.0685. The first-order chi connectivity index (χ1) is 11.9. The van der Waals surface area contributed by atoms with Crippen LogP contribution in [0, 0.1) is 23.7 Å². The van der Waals surface area contributed by atoms with Gasteiger partial charge in [0.2, 0.25) is 5.91 Å². The van der Waals surface area contributed by atoms with Gasteiger partial charge < -0.3 is 9.80 Å². The lowest BCUT2D eigenvalue weighted by Gasteiger charge is -2.56. The van der Waals surface area contributed by atoms with Crippen molar-refractivity contribution in [3.8, 4) is 0 Å². The zero-order chi connectivity index (χ0) is 17.7. The molecule has 1 heterocycles. The summed E-state index contributed by atoms with van der Waals surface area (Å²) in [4.78, 5) is 28.1. The molecule has 0 saturated heterocycles. The molecule has 4 aliphatic rings. The molecule has 4 aliphatic carbocycles. The molecule has 5 rings (SSSR count). The van der Waals surface area contributed by atoms with Crippen LogP contribution >= 0.6 is 0 Å². The third-order valence-corrected chi connectivity index (χ3v) is 6.50. The lowest BCUT2D eigenvalue weighted by atomic mass is 9.54. The van der Waals surface area contributed by atoms with Crippen LogP contribution in [0.15, 0.2) is 6.20 Å². The van der Waals surface area contributed by atoms with E-state index in [0.717, 1.165) is 11.8 Å². The van der Waals surface area contributed by atoms with E-state index in [4.69, 9.17) is 0 Å². The van der Waals surface area contributed by atoms with Gasteiger partial charge in [-0.2, -0.15) is 0 Å². The SMILES string of the molecule is CN(C)C(=O)Cn1cc(C(=O)N(C)C2C3CC4CC(C3)CC2C4)nn1. The van der Waals surface area contributed by atoms with Gasteiger partial charge in [0.05, 0.1) is 6.20 Å². The average molecular weight is 345 g/mol. The van der Waals surface area contributed by atoms with Crippen LogP contribution in [-0.4, -0.2) is 63.8 Å². The maximum absolute atomic E-state index is 12.9. The third kappa shape index (κ3) is 2.93. The molecule has 25 heavy (non-hydrogen) atoms. The van der Waals surface area contributed by atoms with E-state index in [-0.39, 0.29) is 18.4 Å². The van der Waals surface area contributed by atoms with Crippen LogP contribution < -0.4 is 0 Å². The second-order valence-corrected chi connectivity index (χ2v) is 8.43. The van der Waals surface area contributed by atoms with Crippen molar-refractivity contribution in [1.29, 1.82) is 0 Å². The van der Waals surface area contributed by atoms with Crippen molar-refractivity contribution < 1.29 is 9.59 Å². The minimum atomic E-state index is -0.0710. The van der Waals surface area contributed by atoms with Gasteiger partial charge in [-0.15, -0.1) is 5.10 Å². The van der Waals surface area contributed by atoms with E-state index in [1.165, 1.54) is 41.7 Å². The van der Waals surface area contributed by atoms with Gasteiger partial charge in [0.1, 0.15) is 6.54 Å². The number of hydrogen-bond acceptors (Lipinski definition) is 4. The minimum Gasteiger partial charge on any atom is -0.347 e. The lowest BCUT2D eigenvalue weighted by molar-refractivity contribution is -0.129. The molecule has 0 unspecified atom stereocenters. The van der Waals surface area contributed by atoms with E-state index in [0.29, 0.717) is 23.6 Å². The Hall–Kier alpha value is -1.92. The number of likely N-dealkylation sites (N-methyl/N-ethyl adjacent to an activating group) is 1. The molecule has 0 atom stereocenters. The van der Waals surface area contributed by atoms with Crippen LogP contribution in [0.2, 0.25) is 0 Å². The first-order valence-corrected chi connectivity index (χ1v) is 9.29. The third-order valence-electron chi connectivity index (χ3n) is 6.50. The van der Waals surface area contributed by atoms with Crippen molar-refractivity contribution in [3.05, 3.63) is 11.9 Å². The van der Waals surface area contributed by atoms with Gasteiger partial charge >= 0.3 is 0 Å². The van der Waals surface area contributed by atoms with E-state index in [1.807, 2.05) is 11.9 Å². The van der Waals surface area contributed by atoms with Crippen molar-refractivity contribution in [2.24, 2.45) is 23.7 Å². The summed E-state index contributed by atoms with van der Waals surface area (Å²) in [5.41, 5.74) is 0.336. The van der Waals surface area contributed by atoms with Crippen molar-refractivity contribution in [1.82, 2.24) is 24.8 Å². The summed E-state index contributed by atoms with van der Waals surface area (Å²) >= 11 is 0. The normalized spacial score (nSPS) is 32.7. The van der Waals surface area contributed by atoms with E-state index in [1.54, 1.807) is 20.3 Å². The zero-order valence-corrected chi connectivity index (χ0v) is 15.3.